The third kappa shape index (κ3) is 5.59. The second-order valence-corrected chi connectivity index (χ2v) is 8.60. The van der Waals surface area contributed by atoms with E-state index < -0.39 is 30.1 Å². The first kappa shape index (κ1) is 25.0. The summed E-state index contributed by atoms with van der Waals surface area (Å²) in [5.41, 5.74) is 1.83. The second kappa shape index (κ2) is 10.7. The molecule has 3 aromatic carbocycles. The molecule has 10 heteroatoms. The molecule has 0 aliphatic carbocycles. The van der Waals surface area contributed by atoms with E-state index in [1.54, 1.807) is 30.3 Å². The van der Waals surface area contributed by atoms with Crippen molar-refractivity contribution < 1.29 is 23.5 Å². The molecule has 1 aliphatic rings. The van der Waals surface area contributed by atoms with Gasteiger partial charge in [-0.3, -0.25) is 24.6 Å². The molecule has 2 N–H and O–H groups in total. The number of benzene rings is 3. The van der Waals surface area contributed by atoms with Crippen molar-refractivity contribution in [2.24, 2.45) is 0 Å². The summed E-state index contributed by atoms with van der Waals surface area (Å²) in [6, 6.07) is 17.5. The highest BCUT2D eigenvalue weighted by Crippen LogP contribution is 2.28. The van der Waals surface area contributed by atoms with Gasteiger partial charge in [0.25, 0.3) is 17.7 Å². The summed E-state index contributed by atoms with van der Waals surface area (Å²) in [6.07, 6.45) is 1.39. The molecule has 3 aromatic rings. The predicted molar refractivity (Wildman–Crippen MR) is 139 cm³/mol. The average molecular weight is 524 g/mol. The van der Waals surface area contributed by atoms with Gasteiger partial charge in [0.2, 0.25) is 0 Å². The van der Waals surface area contributed by atoms with E-state index in [2.05, 4.69) is 10.6 Å². The summed E-state index contributed by atoms with van der Waals surface area (Å²) in [5.74, 6) is -2.14. The fraction of sp³-hybridized carbons (Fsp3) is 0.0769. The molecule has 1 fully saturated rings. The molecule has 7 nitrogen and oxygen atoms in total. The highest BCUT2D eigenvalue weighted by atomic mass is 35.5. The number of thiocarbonyl (C=S) groups is 1. The first-order valence-corrected chi connectivity index (χ1v) is 11.5. The highest BCUT2D eigenvalue weighted by Gasteiger charge is 2.34. The Labute approximate surface area is 216 Å². The molecule has 0 unspecified atom stereocenters. The molecule has 0 bridgehead atoms. The third-order valence-electron chi connectivity index (χ3n) is 5.14. The first-order valence-electron chi connectivity index (χ1n) is 10.7. The standard InChI is InChI=1S/C26H19ClFN3O4S/c1-15-5-4-6-17(11-15)31-25(34)18(24(33)30-26(31)36)12-16-9-10-22(19(27)13-16)35-14-23(32)29-21-8-3-2-7-20(21)28/h2-13H,14H2,1H3,(H,29,32)(H,30,33,36)/b18-12+. The van der Waals surface area contributed by atoms with E-state index in [9.17, 15) is 18.8 Å². The van der Waals surface area contributed by atoms with Crippen molar-refractivity contribution in [1.82, 2.24) is 5.32 Å². The Balaban J connectivity index is 1.48. The zero-order valence-electron chi connectivity index (χ0n) is 18.9. The summed E-state index contributed by atoms with van der Waals surface area (Å²) in [4.78, 5) is 39.0. The van der Waals surface area contributed by atoms with E-state index >= 15 is 0 Å². The van der Waals surface area contributed by atoms with Crippen molar-refractivity contribution in [3.8, 4) is 5.75 Å². The van der Waals surface area contributed by atoms with Crippen molar-refractivity contribution in [3.05, 3.63) is 94.3 Å². The molecular formula is C26H19ClFN3O4S. The summed E-state index contributed by atoms with van der Waals surface area (Å²) in [5, 5.41) is 5.08. The molecule has 1 heterocycles. The molecule has 36 heavy (non-hydrogen) atoms. The zero-order chi connectivity index (χ0) is 25.8. The maximum Gasteiger partial charge on any atom is 0.270 e. The molecule has 182 valence electrons. The number of aryl methyl sites for hydroxylation is 1. The van der Waals surface area contributed by atoms with E-state index in [4.69, 9.17) is 28.6 Å². The lowest BCUT2D eigenvalue weighted by molar-refractivity contribution is -0.122. The Hall–Kier alpha value is -4.08. The van der Waals surface area contributed by atoms with Crippen LogP contribution in [-0.4, -0.2) is 29.4 Å². The molecule has 0 radical (unpaired) electrons. The quantitative estimate of drug-likeness (QED) is 0.279. The molecule has 0 saturated carbocycles. The van der Waals surface area contributed by atoms with Gasteiger partial charge in [0.1, 0.15) is 17.1 Å². The fourth-order valence-corrected chi connectivity index (χ4v) is 3.97. The normalized spacial score (nSPS) is 14.6. The van der Waals surface area contributed by atoms with Gasteiger partial charge in [0, 0.05) is 0 Å². The Morgan fingerprint density at radius 3 is 2.64 bits per heavy atom. The Kier molecular flexibility index (Phi) is 7.42. The maximum absolute atomic E-state index is 13.7. The maximum atomic E-state index is 13.7. The Morgan fingerprint density at radius 2 is 1.92 bits per heavy atom. The monoisotopic (exact) mass is 523 g/mol. The molecule has 1 saturated heterocycles. The number of halogens is 2. The number of rotatable bonds is 6. The number of carbonyl (C=O) groups excluding carboxylic acids is 3. The van der Waals surface area contributed by atoms with Crippen LogP contribution >= 0.6 is 23.8 Å². The average Bonchev–Trinajstić information content (AvgIpc) is 2.82. The second-order valence-electron chi connectivity index (χ2n) is 7.80. The molecular weight excluding hydrogens is 505 g/mol. The van der Waals surface area contributed by atoms with Gasteiger partial charge in [0.15, 0.2) is 11.7 Å². The van der Waals surface area contributed by atoms with Crippen LogP contribution in [-0.2, 0) is 14.4 Å². The van der Waals surface area contributed by atoms with E-state index in [1.165, 1.54) is 41.3 Å². The lowest BCUT2D eigenvalue weighted by Gasteiger charge is -2.29. The van der Waals surface area contributed by atoms with Crippen LogP contribution < -0.4 is 20.3 Å². The third-order valence-corrected chi connectivity index (χ3v) is 5.72. The number of hydrogen-bond acceptors (Lipinski definition) is 5. The van der Waals surface area contributed by atoms with Gasteiger partial charge in [0.05, 0.1) is 16.4 Å². The number of nitrogens with zero attached hydrogens (tertiary/aromatic N) is 1. The number of anilines is 2. The van der Waals surface area contributed by atoms with Gasteiger partial charge in [-0.1, -0.05) is 41.9 Å². The largest absolute Gasteiger partial charge is 0.482 e. The number of para-hydroxylation sites is 1. The molecule has 4 rings (SSSR count). The topological polar surface area (TPSA) is 87.7 Å². The number of amides is 3. The van der Waals surface area contributed by atoms with Crippen LogP contribution in [0.3, 0.4) is 0 Å². The van der Waals surface area contributed by atoms with Crippen LogP contribution in [0.25, 0.3) is 6.08 Å². The Bertz CT molecular complexity index is 1430. The van der Waals surface area contributed by atoms with E-state index in [-0.39, 0.29) is 27.1 Å². The summed E-state index contributed by atoms with van der Waals surface area (Å²) < 4.78 is 19.1. The van der Waals surface area contributed by atoms with Crippen molar-refractivity contribution in [2.75, 3.05) is 16.8 Å². The molecule has 3 amide bonds. The van der Waals surface area contributed by atoms with Crippen molar-refractivity contribution in [3.63, 3.8) is 0 Å². The first-order chi connectivity index (χ1) is 17.2. The minimum atomic E-state index is -0.629. The van der Waals surface area contributed by atoms with Crippen LogP contribution in [0.5, 0.6) is 5.75 Å². The van der Waals surface area contributed by atoms with Crippen LogP contribution in [0, 0.1) is 12.7 Å². The van der Waals surface area contributed by atoms with E-state index in [0.717, 1.165) is 5.56 Å². The molecule has 0 aromatic heterocycles. The highest BCUT2D eigenvalue weighted by molar-refractivity contribution is 7.80. The number of nitrogens with one attached hydrogen (secondary N) is 2. The van der Waals surface area contributed by atoms with Crippen LogP contribution in [0.15, 0.2) is 72.3 Å². The zero-order valence-corrected chi connectivity index (χ0v) is 20.5. The smallest absolute Gasteiger partial charge is 0.270 e. The summed E-state index contributed by atoms with van der Waals surface area (Å²) in [6.45, 7) is 1.48. The van der Waals surface area contributed by atoms with Crippen molar-refractivity contribution >= 4 is 64.1 Å². The van der Waals surface area contributed by atoms with Gasteiger partial charge >= 0.3 is 0 Å². The minimum Gasteiger partial charge on any atom is -0.482 e. The fourth-order valence-electron chi connectivity index (χ4n) is 3.44. The molecule has 0 atom stereocenters. The van der Waals surface area contributed by atoms with Gasteiger partial charge in [-0.05, 0) is 72.7 Å². The summed E-state index contributed by atoms with van der Waals surface area (Å²) >= 11 is 11.5. The number of ether oxygens (including phenoxy) is 1. The number of carbonyl (C=O) groups is 3. The lowest BCUT2D eigenvalue weighted by Crippen LogP contribution is -2.54. The predicted octanol–water partition coefficient (Wildman–Crippen LogP) is 4.64. The van der Waals surface area contributed by atoms with Gasteiger partial charge in [-0.15, -0.1) is 0 Å². The minimum absolute atomic E-state index is 0.0109. The van der Waals surface area contributed by atoms with Gasteiger partial charge < -0.3 is 10.1 Å². The van der Waals surface area contributed by atoms with Crippen LogP contribution in [0.4, 0.5) is 15.8 Å². The number of hydrogen-bond donors (Lipinski definition) is 2. The van der Waals surface area contributed by atoms with E-state index in [1.807, 2.05) is 13.0 Å². The van der Waals surface area contributed by atoms with Crippen molar-refractivity contribution in [1.29, 1.82) is 0 Å². The molecule has 1 aliphatic heterocycles. The SMILES string of the molecule is Cc1cccc(N2C(=O)/C(=C/c3ccc(OCC(=O)Nc4ccccc4F)c(Cl)c3)C(=O)NC2=S)c1. The van der Waals surface area contributed by atoms with Crippen molar-refractivity contribution in [2.45, 2.75) is 6.92 Å². The van der Waals surface area contributed by atoms with Gasteiger partial charge in [-0.25, -0.2) is 4.39 Å². The Morgan fingerprint density at radius 1 is 1.14 bits per heavy atom. The van der Waals surface area contributed by atoms with Crippen LogP contribution in [0.2, 0.25) is 5.02 Å². The lowest BCUT2D eigenvalue weighted by atomic mass is 10.1. The van der Waals surface area contributed by atoms with Gasteiger partial charge in [-0.2, -0.15) is 0 Å². The summed E-state index contributed by atoms with van der Waals surface area (Å²) in [7, 11) is 0. The van der Waals surface area contributed by atoms with Crippen LogP contribution in [0.1, 0.15) is 11.1 Å². The van der Waals surface area contributed by atoms with E-state index in [0.29, 0.717) is 11.3 Å². The molecule has 0 spiro atoms.